The molecule has 4 rings (SSSR count). The Balaban J connectivity index is 1.33. The summed E-state index contributed by atoms with van der Waals surface area (Å²) in [5, 5.41) is 11.2. The molecule has 3 aromatic rings. The van der Waals surface area contributed by atoms with Crippen LogP contribution < -0.4 is 10.6 Å². The maximum atomic E-state index is 5.33. The molecule has 0 bridgehead atoms. The molecule has 1 aromatic carbocycles. The number of guanidine groups is 1. The lowest BCUT2D eigenvalue weighted by Crippen LogP contribution is -2.38. The van der Waals surface area contributed by atoms with E-state index in [1.807, 2.05) is 41.2 Å². The van der Waals surface area contributed by atoms with Crippen LogP contribution in [0.3, 0.4) is 0 Å². The molecule has 0 saturated heterocycles. The van der Waals surface area contributed by atoms with Gasteiger partial charge in [-0.1, -0.05) is 18.2 Å². The van der Waals surface area contributed by atoms with Crippen molar-refractivity contribution in [2.75, 3.05) is 7.05 Å². The SMILES string of the molecule is CN=C(NCc1ccco1)N[C@@H]1C[C@H]1c1cnn(-c2ccccc2)c1. The van der Waals surface area contributed by atoms with Gasteiger partial charge >= 0.3 is 0 Å². The van der Waals surface area contributed by atoms with Gasteiger partial charge in [0.15, 0.2) is 5.96 Å². The van der Waals surface area contributed by atoms with Crippen molar-refractivity contribution in [3.05, 3.63) is 72.4 Å². The molecule has 0 unspecified atom stereocenters. The highest BCUT2D eigenvalue weighted by molar-refractivity contribution is 5.80. The molecule has 6 nitrogen and oxygen atoms in total. The van der Waals surface area contributed by atoms with E-state index in [-0.39, 0.29) is 0 Å². The standard InChI is InChI=1S/C19H21N5O/c1-20-19(21-12-16-8-5-9-25-16)23-18-10-17(18)14-11-22-24(13-14)15-6-3-2-4-7-15/h2-9,11,13,17-18H,10,12H2,1H3,(H2,20,21,23)/t17-,18+/m0/s1. The second-order valence-electron chi connectivity index (χ2n) is 6.15. The Morgan fingerprint density at radius 1 is 1.28 bits per heavy atom. The predicted molar refractivity (Wildman–Crippen MR) is 96.8 cm³/mol. The average Bonchev–Trinajstić information content (AvgIpc) is 3.07. The summed E-state index contributed by atoms with van der Waals surface area (Å²) >= 11 is 0. The molecular weight excluding hydrogens is 314 g/mol. The van der Waals surface area contributed by atoms with Gasteiger partial charge in [-0.05, 0) is 36.2 Å². The van der Waals surface area contributed by atoms with E-state index >= 15 is 0 Å². The lowest BCUT2D eigenvalue weighted by atomic mass is 10.2. The first-order valence-corrected chi connectivity index (χ1v) is 8.43. The number of rotatable bonds is 5. The maximum absolute atomic E-state index is 5.33. The third-order valence-electron chi connectivity index (χ3n) is 4.40. The van der Waals surface area contributed by atoms with Gasteiger partial charge in [-0.15, -0.1) is 0 Å². The van der Waals surface area contributed by atoms with Crippen LogP contribution >= 0.6 is 0 Å². The quantitative estimate of drug-likeness (QED) is 0.556. The second kappa shape index (κ2) is 6.84. The van der Waals surface area contributed by atoms with Crippen molar-refractivity contribution in [1.29, 1.82) is 0 Å². The number of benzene rings is 1. The Hall–Kier alpha value is -3.02. The molecule has 2 atom stereocenters. The van der Waals surface area contributed by atoms with E-state index in [0.29, 0.717) is 18.5 Å². The van der Waals surface area contributed by atoms with Gasteiger partial charge in [-0.25, -0.2) is 4.68 Å². The molecule has 25 heavy (non-hydrogen) atoms. The normalized spacial score (nSPS) is 19.6. The molecular formula is C19H21N5O. The molecule has 1 fully saturated rings. The van der Waals surface area contributed by atoms with Crippen molar-refractivity contribution in [1.82, 2.24) is 20.4 Å². The van der Waals surface area contributed by atoms with E-state index in [1.165, 1.54) is 5.56 Å². The number of nitrogens with zero attached hydrogens (tertiary/aromatic N) is 3. The zero-order valence-corrected chi connectivity index (χ0v) is 14.1. The first kappa shape index (κ1) is 15.5. The first-order chi connectivity index (χ1) is 12.3. The summed E-state index contributed by atoms with van der Waals surface area (Å²) in [6.45, 7) is 0.621. The molecule has 0 amide bonds. The van der Waals surface area contributed by atoms with E-state index in [0.717, 1.165) is 23.8 Å². The van der Waals surface area contributed by atoms with Gasteiger partial charge in [0, 0.05) is 25.2 Å². The lowest BCUT2D eigenvalue weighted by molar-refractivity contribution is 0.501. The topological polar surface area (TPSA) is 67.4 Å². The molecule has 128 valence electrons. The van der Waals surface area contributed by atoms with Crippen molar-refractivity contribution >= 4 is 5.96 Å². The molecule has 2 heterocycles. The van der Waals surface area contributed by atoms with Crippen LogP contribution in [-0.4, -0.2) is 28.8 Å². The molecule has 6 heteroatoms. The van der Waals surface area contributed by atoms with Gasteiger partial charge in [0.2, 0.25) is 0 Å². The molecule has 0 spiro atoms. The summed E-state index contributed by atoms with van der Waals surface area (Å²) in [5.74, 6) is 2.15. The minimum atomic E-state index is 0.385. The minimum absolute atomic E-state index is 0.385. The fourth-order valence-corrected chi connectivity index (χ4v) is 2.93. The summed E-state index contributed by atoms with van der Waals surface area (Å²) in [5.41, 5.74) is 2.33. The Kier molecular flexibility index (Phi) is 4.24. The average molecular weight is 335 g/mol. The number of hydrogen-bond acceptors (Lipinski definition) is 3. The van der Waals surface area contributed by atoms with Crippen LogP contribution in [0.15, 0.2) is 70.5 Å². The first-order valence-electron chi connectivity index (χ1n) is 8.43. The van der Waals surface area contributed by atoms with Crippen LogP contribution in [0.1, 0.15) is 23.7 Å². The van der Waals surface area contributed by atoms with Crippen LogP contribution in [0, 0.1) is 0 Å². The van der Waals surface area contributed by atoms with E-state index in [4.69, 9.17) is 4.42 Å². The largest absolute Gasteiger partial charge is 0.467 e. The van der Waals surface area contributed by atoms with Crippen LogP contribution in [0.4, 0.5) is 0 Å². The number of nitrogens with one attached hydrogen (secondary N) is 2. The molecule has 1 aliphatic carbocycles. The van der Waals surface area contributed by atoms with Crippen LogP contribution in [0.5, 0.6) is 0 Å². The number of para-hydroxylation sites is 1. The van der Waals surface area contributed by atoms with Crippen molar-refractivity contribution in [2.45, 2.75) is 24.9 Å². The van der Waals surface area contributed by atoms with Gasteiger partial charge in [0.25, 0.3) is 0 Å². The van der Waals surface area contributed by atoms with E-state index in [2.05, 4.69) is 39.1 Å². The molecule has 0 aliphatic heterocycles. The van der Waals surface area contributed by atoms with Crippen LogP contribution in [0.2, 0.25) is 0 Å². The number of aliphatic imine (C=N–C) groups is 1. The monoisotopic (exact) mass is 335 g/mol. The van der Waals surface area contributed by atoms with Gasteiger partial charge in [0.05, 0.1) is 24.7 Å². The maximum Gasteiger partial charge on any atom is 0.191 e. The van der Waals surface area contributed by atoms with Crippen LogP contribution in [0.25, 0.3) is 5.69 Å². The smallest absolute Gasteiger partial charge is 0.191 e. The molecule has 1 aliphatic rings. The lowest BCUT2D eigenvalue weighted by Gasteiger charge is -2.10. The number of hydrogen-bond donors (Lipinski definition) is 2. The van der Waals surface area contributed by atoms with Crippen molar-refractivity contribution < 1.29 is 4.42 Å². The Labute approximate surface area is 146 Å². The number of furan rings is 1. The number of aromatic nitrogens is 2. The Bertz CT molecular complexity index is 838. The highest BCUT2D eigenvalue weighted by Crippen LogP contribution is 2.40. The predicted octanol–water partition coefficient (Wildman–Crippen LogP) is 2.69. The third-order valence-corrected chi connectivity index (χ3v) is 4.40. The zero-order valence-electron chi connectivity index (χ0n) is 14.1. The van der Waals surface area contributed by atoms with Gasteiger partial charge in [-0.3, -0.25) is 4.99 Å². The van der Waals surface area contributed by atoms with E-state index < -0.39 is 0 Å². The van der Waals surface area contributed by atoms with Gasteiger partial charge in [-0.2, -0.15) is 5.10 Å². The van der Waals surface area contributed by atoms with Gasteiger partial charge in [0.1, 0.15) is 5.76 Å². The summed E-state index contributed by atoms with van der Waals surface area (Å²) in [6.07, 6.45) is 6.83. The highest BCUT2D eigenvalue weighted by atomic mass is 16.3. The second-order valence-corrected chi connectivity index (χ2v) is 6.15. The van der Waals surface area contributed by atoms with Crippen molar-refractivity contribution in [3.63, 3.8) is 0 Å². The van der Waals surface area contributed by atoms with Gasteiger partial charge < -0.3 is 15.1 Å². The highest BCUT2D eigenvalue weighted by Gasteiger charge is 2.40. The van der Waals surface area contributed by atoms with Crippen molar-refractivity contribution in [2.24, 2.45) is 4.99 Å². The van der Waals surface area contributed by atoms with E-state index in [9.17, 15) is 0 Å². The third kappa shape index (κ3) is 3.57. The zero-order chi connectivity index (χ0) is 17.1. The molecule has 2 N–H and O–H groups in total. The summed E-state index contributed by atoms with van der Waals surface area (Å²) in [6, 6.07) is 14.4. The fraction of sp³-hybridized carbons (Fsp3) is 0.263. The summed E-state index contributed by atoms with van der Waals surface area (Å²) in [7, 11) is 1.78. The minimum Gasteiger partial charge on any atom is -0.467 e. The summed E-state index contributed by atoms with van der Waals surface area (Å²) < 4.78 is 7.25. The molecule has 1 saturated carbocycles. The Morgan fingerprint density at radius 3 is 2.92 bits per heavy atom. The van der Waals surface area contributed by atoms with Crippen molar-refractivity contribution in [3.8, 4) is 5.69 Å². The fourth-order valence-electron chi connectivity index (χ4n) is 2.93. The molecule has 0 radical (unpaired) electrons. The summed E-state index contributed by atoms with van der Waals surface area (Å²) in [4.78, 5) is 4.28. The molecule has 2 aromatic heterocycles. The van der Waals surface area contributed by atoms with Crippen LogP contribution in [-0.2, 0) is 6.54 Å². The Morgan fingerprint density at radius 2 is 2.16 bits per heavy atom. The van der Waals surface area contributed by atoms with E-state index in [1.54, 1.807) is 13.3 Å².